The molecule has 0 aromatic carbocycles. The number of nitrogens with one attached hydrogen (secondary N) is 2. The minimum absolute atomic E-state index is 0.0300. The number of carbonyl (C=O) groups excluding carboxylic acids is 1. The molecule has 1 aliphatic rings. The number of rotatable bonds is 5. The molecular formula is C17H17N5O3. The second-order valence-electron chi connectivity index (χ2n) is 5.87. The van der Waals surface area contributed by atoms with Gasteiger partial charge in [-0.25, -0.2) is 15.0 Å². The number of methoxy groups -OCH3 is 2. The van der Waals surface area contributed by atoms with Crippen LogP contribution >= 0.6 is 0 Å². The van der Waals surface area contributed by atoms with Gasteiger partial charge in [0.15, 0.2) is 0 Å². The topological polar surface area (TPSA) is 102 Å². The fourth-order valence-electron chi connectivity index (χ4n) is 2.70. The molecule has 8 nitrogen and oxygen atoms in total. The van der Waals surface area contributed by atoms with E-state index in [0.717, 1.165) is 29.4 Å². The van der Waals surface area contributed by atoms with Crippen LogP contribution in [0.5, 0.6) is 11.8 Å². The summed E-state index contributed by atoms with van der Waals surface area (Å²) in [6, 6.07) is 3.76. The van der Waals surface area contributed by atoms with Gasteiger partial charge in [-0.1, -0.05) is 0 Å². The van der Waals surface area contributed by atoms with Crippen LogP contribution in [0.1, 0.15) is 12.8 Å². The fraction of sp³-hybridized carbons (Fsp3) is 0.294. The van der Waals surface area contributed by atoms with Gasteiger partial charge >= 0.3 is 0 Å². The number of nitrogens with zero attached hydrogens (tertiary/aromatic N) is 3. The van der Waals surface area contributed by atoms with Crippen molar-refractivity contribution in [2.75, 3.05) is 19.5 Å². The highest BCUT2D eigenvalue weighted by molar-refractivity contribution is 5.96. The maximum atomic E-state index is 11.9. The van der Waals surface area contributed by atoms with Crippen molar-refractivity contribution in [1.82, 2.24) is 19.9 Å². The van der Waals surface area contributed by atoms with Gasteiger partial charge in [0.05, 0.1) is 31.6 Å². The van der Waals surface area contributed by atoms with E-state index in [0.29, 0.717) is 23.1 Å². The van der Waals surface area contributed by atoms with Crippen LogP contribution in [0.4, 0.5) is 5.82 Å². The number of aromatic nitrogens is 4. The van der Waals surface area contributed by atoms with Crippen LogP contribution in [0.2, 0.25) is 0 Å². The van der Waals surface area contributed by atoms with Crippen LogP contribution in [0.3, 0.4) is 0 Å². The second-order valence-corrected chi connectivity index (χ2v) is 5.87. The first-order valence-corrected chi connectivity index (χ1v) is 7.92. The van der Waals surface area contributed by atoms with Gasteiger partial charge in [0.1, 0.15) is 17.7 Å². The number of hydrogen-bond donors (Lipinski definition) is 2. The van der Waals surface area contributed by atoms with Gasteiger partial charge in [-0.3, -0.25) is 4.79 Å². The van der Waals surface area contributed by atoms with Gasteiger partial charge in [-0.05, 0) is 25.0 Å². The molecule has 0 bridgehead atoms. The number of amides is 1. The molecule has 0 aliphatic heterocycles. The van der Waals surface area contributed by atoms with E-state index in [4.69, 9.17) is 9.47 Å². The average molecular weight is 339 g/mol. The first kappa shape index (κ1) is 15.4. The summed E-state index contributed by atoms with van der Waals surface area (Å²) in [6.45, 7) is 0. The highest BCUT2D eigenvalue weighted by atomic mass is 16.5. The summed E-state index contributed by atoms with van der Waals surface area (Å²) in [6.07, 6.45) is 4.98. The Morgan fingerprint density at radius 1 is 1.16 bits per heavy atom. The number of H-pyrrole nitrogens is 1. The Kier molecular flexibility index (Phi) is 3.72. The van der Waals surface area contributed by atoms with E-state index in [9.17, 15) is 4.79 Å². The van der Waals surface area contributed by atoms with Gasteiger partial charge in [0, 0.05) is 11.3 Å². The van der Waals surface area contributed by atoms with Crippen LogP contribution in [0.15, 0.2) is 24.7 Å². The van der Waals surface area contributed by atoms with Gasteiger partial charge in [-0.15, -0.1) is 0 Å². The molecule has 25 heavy (non-hydrogen) atoms. The molecule has 3 aromatic rings. The third-order valence-corrected chi connectivity index (χ3v) is 4.14. The largest absolute Gasteiger partial charge is 0.480 e. The summed E-state index contributed by atoms with van der Waals surface area (Å²) in [5.74, 6) is 1.53. The summed E-state index contributed by atoms with van der Waals surface area (Å²) in [7, 11) is 3.09. The van der Waals surface area contributed by atoms with Crippen molar-refractivity contribution < 1.29 is 14.3 Å². The number of ether oxygens (including phenoxy) is 2. The molecule has 1 amide bonds. The number of aromatic amines is 1. The predicted molar refractivity (Wildman–Crippen MR) is 91.6 cm³/mol. The quantitative estimate of drug-likeness (QED) is 0.740. The monoisotopic (exact) mass is 339 g/mol. The molecule has 0 unspecified atom stereocenters. The smallest absolute Gasteiger partial charge is 0.229 e. The van der Waals surface area contributed by atoms with Crippen molar-refractivity contribution in [2.24, 2.45) is 5.92 Å². The SMILES string of the molecule is COc1ncnc(OC)c1-c1cc2cc(NC(=O)C3CC3)ncc2[nH]1. The van der Waals surface area contributed by atoms with Crippen molar-refractivity contribution in [3.63, 3.8) is 0 Å². The second kappa shape index (κ2) is 6.04. The Morgan fingerprint density at radius 2 is 1.88 bits per heavy atom. The van der Waals surface area contributed by atoms with Crippen molar-refractivity contribution in [3.8, 4) is 23.0 Å². The minimum atomic E-state index is 0.0300. The summed E-state index contributed by atoms with van der Waals surface area (Å²) in [5, 5.41) is 3.76. The Bertz CT molecular complexity index is 926. The lowest BCUT2D eigenvalue weighted by Crippen LogP contribution is -2.14. The molecule has 1 saturated carbocycles. The summed E-state index contributed by atoms with van der Waals surface area (Å²) < 4.78 is 10.6. The number of carbonyl (C=O) groups is 1. The van der Waals surface area contributed by atoms with Gasteiger partial charge in [0.2, 0.25) is 17.7 Å². The molecule has 0 saturated heterocycles. The lowest BCUT2D eigenvalue weighted by molar-refractivity contribution is -0.117. The molecular weight excluding hydrogens is 322 g/mol. The molecule has 1 aliphatic carbocycles. The van der Waals surface area contributed by atoms with E-state index in [-0.39, 0.29) is 11.8 Å². The lowest BCUT2D eigenvalue weighted by atomic mass is 10.2. The fourth-order valence-corrected chi connectivity index (χ4v) is 2.70. The lowest BCUT2D eigenvalue weighted by Gasteiger charge is -2.08. The van der Waals surface area contributed by atoms with E-state index in [1.165, 1.54) is 6.33 Å². The van der Waals surface area contributed by atoms with Crippen LogP contribution in [0.25, 0.3) is 22.2 Å². The average Bonchev–Trinajstić information content (AvgIpc) is 3.40. The highest BCUT2D eigenvalue weighted by Gasteiger charge is 2.29. The minimum Gasteiger partial charge on any atom is -0.480 e. The molecule has 1 fully saturated rings. The molecule has 8 heteroatoms. The zero-order chi connectivity index (χ0) is 17.4. The first-order valence-electron chi connectivity index (χ1n) is 7.92. The van der Waals surface area contributed by atoms with E-state index in [1.54, 1.807) is 20.4 Å². The zero-order valence-corrected chi connectivity index (χ0v) is 13.9. The van der Waals surface area contributed by atoms with E-state index in [1.807, 2.05) is 12.1 Å². The number of hydrogen-bond acceptors (Lipinski definition) is 6. The molecule has 2 N–H and O–H groups in total. The number of pyridine rings is 1. The predicted octanol–water partition coefficient (Wildman–Crippen LogP) is 2.39. The van der Waals surface area contributed by atoms with E-state index >= 15 is 0 Å². The van der Waals surface area contributed by atoms with Crippen molar-refractivity contribution in [2.45, 2.75) is 12.8 Å². The first-order chi connectivity index (χ1) is 12.2. The highest BCUT2D eigenvalue weighted by Crippen LogP contribution is 2.36. The molecule has 3 heterocycles. The molecule has 0 radical (unpaired) electrons. The molecule has 3 aromatic heterocycles. The maximum absolute atomic E-state index is 11.9. The van der Waals surface area contributed by atoms with Crippen LogP contribution in [-0.2, 0) is 4.79 Å². The van der Waals surface area contributed by atoms with Crippen molar-refractivity contribution >= 4 is 22.6 Å². The maximum Gasteiger partial charge on any atom is 0.229 e. The Morgan fingerprint density at radius 3 is 2.52 bits per heavy atom. The van der Waals surface area contributed by atoms with Crippen LogP contribution in [0, 0.1) is 5.92 Å². The Balaban J connectivity index is 1.73. The van der Waals surface area contributed by atoms with Crippen molar-refractivity contribution in [1.29, 1.82) is 0 Å². The third-order valence-electron chi connectivity index (χ3n) is 4.14. The Labute approximate surface area is 143 Å². The van der Waals surface area contributed by atoms with Gasteiger partial charge in [0.25, 0.3) is 0 Å². The van der Waals surface area contributed by atoms with Gasteiger partial charge < -0.3 is 19.8 Å². The molecule has 0 atom stereocenters. The summed E-state index contributed by atoms with van der Waals surface area (Å²) >= 11 is 0. The zero-order valence-electron chi connectivity index (χ0n) is 13.9. The third kappa shape index (κ3) is 2.86. The Hall–Kier alpha value is -3.16. The van der Waals surface area contributed by atoms with Crippen LogP contribution < -0.4 is 14.8 Å². The van der Waals surface area contributed by atoms with Crippen LogP contribution in [-0.4, -0.2) is 40.1 Å². The standard InChI is InChI=1S/C17H17N5O3/c1-24-16-14(17(25-2)20-8-19-16)11-5-10-6-13(18-7-12(10)21-11)22-15(23)9-3-4-9/h5-9,21H,3-4H2,1-2H3,(H,18,22,23). The molecule has 0 spiro atoms. The van der Waals surface area contributed by atoms with Crippen molar-refractivity contribution in [3.05, 3.63) is 24.7 Å². The molecule has 4 rings (SSSR count). The number of anilines is 1. The van der Waals surface area contributed by atoms with E-state index in [2.05, 4.69) is 25.3 Å². The van der Waals surface area contributed by atoms with Gasteiger partial charge in [-0.2, -0.15) is 0 Å². The van der Waals surface area contributed by atoms with E-state index < -0.39 is 0 Å². The molecule has 128 valence electrons. The summed E-state index contributed by atoms with van der Waals surface area (Å²) in [5.41, 5.74) is 2.21. The normalized spacial score (nSPS) is 13.7. The summed E-state index contributed by atoms with van der Waals surface area (Å²) in [4.78, 5) is 27.7. The number of fused-ring (bicyclic) bond motifs is 1.